The van der Waals surface area contributed by atoms with Crippen molar-refractivity contribution in [2.75, 3.05) is 19.1 Å². The second kappa shape index (κ2) is 6.72. The number of ether oxygens (including phenoxy) is 2. The second-order valence-corrected chi connectivity index (χ2v) is 5.46. The van der Waals surface area contributed by atoms with Gasteiger partial charge in [0.1, 0.15) is 17.2 Å². The van der Waals surface area contributed by atoms with E-state index in [2.05, 4.69) is 5.32 Å². The van der Waals surface area contributed by atoms with E-state index in [1.54, 1.807) is 26.4 Å². The molecule has 1 saturated heterocycles. The maximum Gasteiger partial charge on any atom is 0.281 e. The molecule has 1 N–H and O–H groups in total. The molecule has 0 aromatic heterocycles. The number of nitrogens with one attached hydrogen (secondary N) is 1. The molecule has 2 aromatic rings. The first-order chi connectivity index (χ1) is 11.6. The van der Waals surface area contributed by atoms with E-state index in [9.17, 15) is 4.79 Å². The third-order valence-electron chi connectivity index (χ3n) is 3.63. The summed E-state index contributed by atoms with van der Waals surface area (Å²) in [5, 5.41) is 3.31. The SMILES string of the molecule is COc1ccc(/C=C2\NC(=S)N(c3ccccc3)C2=O)c(OC)c1. The first-order valence-corrected chi connectivity index (χ1v) is 7.69. The molecule has 0 radical (unpaired) electrons. The smallest absolute Gasteiger partial charge is 0.281 e. The van der Waals surface area contributed by atoms with Crippen molar-refractivity contribution >= 4 is 35.0 Å². The molecule has 0 saturated carbocycles. The van der Waals surface area contributed by atoms with Crippen LogP contribution in [0, 0.1) is 0 Å². The normalized spacial score (nSPS) is 15.6. The predicted octanol–water partition coefficient (Wildman–Crippen LogP) is 2.97. The first kappa shape index (κ1) is 16.0. The Morgan fingerprint density at radius 2 is 1.83 bits per heavy atom. The van der Waals surface area contributed by atoms with Gasteiger partial charge >= 0.3 is 0 Å². The minimum absolute atomic E-state index is 0.205. The maximum atomic E-state index is 12.7. The number of methoxy groups -OCH3 is 2. The van der Waals surface area contributed by atoms with E-state index in [1.807, 2.05) is 42.5 Å². The number of thiocarbonyl (C=S) groups is 1. The van der Waals surface area contributed by atoms with Crippen molar-refractivity contribution in [1.82, 2.24) is 5.32 Å². The monoisotopic (exact) mass is 340 g/mol. The van der Waals surface area contributed by atoms with Crippen LogP contribution in [0.4, 0.5) is 5.69 Å². The Labute approximate surface area is 145 Å². The molecule has 5 nitrogen and oxygen atoms in total. The van der Waals surface area contributed by atoms with Crippen LogP contribution in [-0.4, -0.2) is 25.2 Å². The molecule has 6 heteroatoms. The topological polar surface area (TPSA) is 50.8 Å². The van der Waals surface area contributed by atoms with Gasteiger partial charge in [-0.3, -0.25) is 9.69 Å². The molecule has 3 rings (SSSR count). The quantitative estimate of drug-likeness (QED) is 0.685. The van der Waals surface area contributed by atoms with Crippen LogP contribution in [0.15, 0.2) is 54.2 Å². The zero-order valence-corrected chi connectivity index (χ0v) is 14.1. The standard InChI is InChI=1S/C18H16N2O3S/c1-22-14-9-8-12(16(11-14)23-2)10-15-17(21)20(18(24)19-15)13-6-4-3-5-7-13/h3-11H,1-2H3,(H,19,24)/b15-10-. The van der Waals surface area contributed by atoms with Gasteiger partial charge in [0.15, 0.2) is 5.11 Å². The molecule has 122 valence electrons. The highest BCUT2D eigenvalue weighted by Gasteiger charge is 2.31. The number of rotatable bonds is 4. The Bertz CT molecular complexity index is 818. The molecule has 1 heterocycles. The summed E-state index contributed by atoms with van der Waals surface area (Å²) in [6.45, 7) is 0. The van der Waals surface area contributed by atoms with Gasteiger partial charge in [0.2, 0.25) is 0 Å². The molecule has 1 fully saturated rings. The minimum Gasteiger partial charge on any atom is -0.497 e. The average Bonchev–Trinajstić information content (AvgIpc) is 2.89. The van der Waals surface area contributed by atoms with Crippen molar-refractivity contribution in [1.29, 1.82) is 0 Å². The van der Waals surface area contributed by atoms with Crippen molar-refractivity contribution in [3.63, 3.8) is 0 Å². The lowest BCUT2D eigenvalue weighted by molar-refractivity contribution is -0.113. The van der Waals surface area contributed by atoms with Crippen LogP contribution in [0.3, 0.4) is 0 Å². The number of para-hydroxylation sites is 1. The van der Waals surface area contributed by atoms with Gasteiger partial charge in [0.25, 0.3) is 5.91 Å². The van der Waals surface area contributed by atoms with Crippen molar-refractivity contribution in [3.8, 4) is 11.5 Å². The Kier molecular flexibility index (Phi) is 4.48. The Morgan fingerprint density at radius 1 is 1.08 bits per heavy atom. The van der Waals surface area contributed by atoms with Gasteiger partial charge in [0, 0.05) is 11.6 Å². The van der Waals surface area contributed by atoms with Crippen molar-refractivity contribution in [3.05, 3.63) is 59.8 Å². The van der Waals surface area contributed by atoms with E-state index < -0.39 is 0 Å². The van der Waals surface area contributed by atoms with Gasteiger partial charge in [-0.2, -0.15) is 0 Å². The van der Waals surface area contributed by atoms with E-state index in [0.29, 0.717) is 22.3 Å². The predicted molar refractivity (Wildman–Crippen MR) is 97.2 cm³/mol. The summed E-state index contributed by atoms with van der Waals surface area (Å²) < 4.78 is 10.5. The molecular formula is C18H16N2O3S. The van der Waals surface area contributed by atoms with Crippen molar-refractivity contribution in [2.24, 2.45) is 0 Å². The van der Waals surface area contributed by atoms with E-state index in [0.717, 1.165) is 11.3 Å². The maximum absolute atomic E-state index is 12.7. The average molecular weight is 340 g/mol. The van der Waals surface area contributed by atoms with Crippen LogP contribution >= 0.6 is 12.2 Å². The lowest BCUT2D eigenvalue weighted by Gasteiger charge is -2.13. The molecular weight excluding hydrogens is 324 g/mol. The minimum atomic E-state index is -0.205. The van der Waals surface area contributed by atoms with Crippen LogP contribution in [0.5, 0.6) is 11.5 Å². The van der Waals surface area contributed by atoms with E-state index >= 15 is 0 Å². The Balaban J connectivity index is 1.95. The molecule has 24 heavy (non-hydrogen) atoms. The Morgan fingerprint density at radius 3 is 2.50 bits per heavy atom. The van der Waals surface area contributed by atoms with Gasteiger partial charge in [-0.05, 0) is 42.6 Å². The molecule has 2 aromatic carbocycles. The van der Waals surface area contributed by atoms with Crippen LogP contribution in [0.25, 0.3) is 6.08 Å². The molecule has 0 spiro atoms. The number of nitrogens with zero attached hydrogens (tertiary/aromatic N) is 1. The number of hydrogen-bond acceptors (Lipinski definition) is 4. The van der Waals surface area contributed by atoms with Crippen molar-refractivity contribution < 1.29 is 14.3 Å². The zero-order chi connectivity index (χ0) is 17.1. The summed E-state index contributed by atoms with van der Waals surface area (Å²) in [6, 6.07) is 14.7. The van der Waals surface area contributed by atoms with Gasteiger partial charge < -0.3 is 14.8 Å². The highest BCUT2D eigenvalue weighted by molar-refractivity contribution is 7.80. The van der Waals surface area contributed by atoms with Crippen LogP contribution in [0.1, 0.15) is 5.56 Å². The fraction of sp³-hybridized carbons (Fsp3) is 0.111. The summed E-state index contributed by atoms with van der Waals surface area (Å²) in [7, 11) is 3.16. The van der Waals surface area contributed by atoms with Crippen LogP contribution in [0.2, 0.25) is 0 Å². The second-order valence-electron chi connectivity index (χ2n) is 5.07. The van der Waals surface area contributed by atoms with Crippen molar-refractivity contribution in [2.45, 2.75) is 0 Å². The van der Waals surface area contributed by atoms with Gasteiger partial charge in [-0.1, -0.05) is 18.2 Å². The molecule has 0 atom stereocenters. The highest BCUT2D eigenvalue weighted by atomic mass is 32.1. The van der Waals surface area contributed by atoms with E-state index in [4.69, 9.17) is 21.7 Å². The number of hydrogen-bond donors (Lipinski definition) is 1. The van der Waals surface area contributed by atoms with Crippen LogP contribution in [-0.2, 0) is 4.79 Å². The summed E-state index contributed by atoms with van der Waals surface area (Å²) in [6.07, 6.45) is 1.72. The Hall–Kier alpha value is -2.86. The van der Waals surface area contributed by atoms with Crippen LogP contribution < -0.4 is 19.7 Å². The van der Waals surface area contributed by atoms with Gasteiger partial charge in [-0.25, -0.2) is 0 Å². The fourth-order valence-electron chi connectivity index (χ4n) is 2.44. The largest absolute Gasteiger partial charge is 0.497 e. The van der Waals surface area contributed by atoms with E-state index in [1.165, 1.54) is 4.90 Å². The molecule has 1 aliphatic rings. The number of benzene rings is 2. The highest BCUT2D eigenvalue weighted by Crippen LogP contribution is 2.28. The molecule has 1 amide bonds. The summed E-state index contributed by atoms with van der Waals surface area (Å²) in [4.78, 5) is 14.2. The zero-order valence-electron chi connectivity index (χ0n) is 13.3. The molecule has 1 aliphatic heterocycles. The lowest BCUT2D eigenvalue weighted by Crippen LogP contribution is -2.30. The van der Waals surface area contributed by atoms with Gasteiger partial charge in [0.05, 0.1) is 19.9 Å². The number of amides is 1. The number of carbonyl (C=O) groups is 1. The number of anilines is 1. The number of carbonyl (C=O) groups excluding carboxylic acids is 1. The molecule has 0 aliphatic carbocycles. The summed E-state index contributed by atoms with van der Waals surface area (Å²) in [5.74, 6) is 1.09. The lowest BCUT2D eigenvalue weighted by atomic mass is 10.1. The van der Waals surface area contributed by atoms with Gasteiger partial charge in [-0.15, -0.1) is 0 Å². The fourth-order valence-corrected chi connectivity index (χ4v) is 2.74. The van der Waals surface area contributed by atoms with E-state index in [-0.39, 0.29) is 5.91 Å². The summed E-state index contributed by atoms with van der Waals surface area (Å²) >= 11 is 5.30. The molecule has 0 unspecified atom stereocenters. The first-order valence-electron chi connectivity index (χ1n) is 7.28. The summed E-state index contributed by atoms with van der Waals surface area (Å²) in [5.41, 5.74) is 1.88. The third kappa shape index (κ3) is 2.96. The third-order valence-corrected chi connectivity index (χ3v) is 3.92. The molecule has 0 bridgehead atoms.